The molecule has 5 heteroatoms. The number of halogens is 4. The topological polar surface area (TPSA) is 9.23 Å². The van der Waals surface area contributed by atoms with Crippen molar-refractivity contribution in [2.24, 2.45) is 23.7 Å². The number of benzene rings is 1. The highest BCUT2D eigenvalue weighted by Crippen LogP contribution is 2.42. The second-order valence-electron chi connectivity index (χ2n) is 9.03. The van der Waals surface area contributed by atoms with Crippen molar-refractivity contribution in [2.45, 2.75) is 71.1 Å². The van der Waals surface area contributed by atoms with Crippen molar-refractivity contribution >= 4 is 0 Å². The number of aryl methyl sites for hydroxylation is 1. The van der Waals surface area contributed by atoms with Crippen LogP contribution in [-0.2, 0) is 6.42 Å². The summed E-state index contributed by atoms with van der Waals surface area (Å²) in [6.07, 6.45) is 11.7. The lowest BCUT2D eigenvalue weighted by atomic mass is 9.68. The zero-order valence-electron chi connectivity index (χ0n) is 17.9. The Hall–Kier alpha value is -1.52. The second-order valence-corrected chi connectivity index (χ2v) is 9.03. The van der Waals surface area contributed by atoms with Crippen LogP contribution in [-0.4, -0.2) is 13.3 Å². The van der Waals surface area contributed by atoms with Gasteiger partial charge in [0.1, 0.15) is 12.5 Å². The molecule has 0 N–H and O–H groups in total. The molecule has 0 unspecified atom stereocenters. The van der Waals surface area contributed by atoms with Gasteiger partial charge in [-0.1, -0.05) is 18.9 Å². The second kappa shape index (κ2) is 11.2. The van der Waals surface area contributed by atoms with Crippen molar-refractivity contribution in [1.29, 1.82) is 0 Å². The fourth-order valence-corrected chi connectivity index (χ4v) is 5.42. The number of hydrogen-bond acceptors (Lipinski definition) is 1. The largest absolute Gasteiger partial charge is 0.491 e. The molecule has 1 aromatic carbocycles. The Kier molecular flexibility index (Phi) is 8.64. The van der Waals surface area contributed by atoms with E-state index in [1.54, 1.807) is 13.0 Å². The molecule has 0 heterocycles. The van der Waals surface area contributed by atoms with E-state index in [-0.39, 0.29) is 11.7 Å². The molecule has 3 rings (SSSR count). The van der Waals surface area contributed by atoms with Crippen LogP contribution in [0.1, 0.15) is 70.3 Å². The van der Waals surface area contributed by atoms with Crippen molar-refractivity contribution < 1.29 is 22.3 Å². The number of alkyl halides is 1. The first kappa shape index (κ1) is 23.1. The lowest BCUT2D eigenvalue weighted by Gasteiger charge is -2.37. The van der Waals surface area contributed by atoms with Gasteiger partial charge in [-0.05, 0) is 99.7 Å². The van der Waals surface area contributed by atoms with E-state index in [1.165, 1.54) is 25.0 Å². The maximum atomic E-state index is 14.3. The molecule has 2 fully saturated rings. The van der Waals surface area contributed by atoms with E-state index in [0.29, 0.717) is 30.4 Å². The quantitative estimate of drug-likeness (QED) is 0.386. The summed E-state index contributed by atoms with van der Waals surface area (Å²) < 4.78 is 58.9. The predicted octanol–water partition coefficient (Wildman–Crippen LogP) is 7.73. The smallest absolute Gasteiger partial charge is 0.200 e. The van der Waals surface area contributed by atoms with Gasteiger partial charge in [0.2, 0.25) is 5.82 Å². The van der Waals surface area contributed by atoms with Gasteiger partial charge in [-0.25, -0.2) is 13.2 Å². The Labute approximate surface area is 177 Å². The first-order valence-electron chi connectivity index (χ1n) is 11.5. The summed E-state index contributed by atoms with van der Waals surface area (Å²) in [6, 6.07) is 3.17. The SMILES string of the molecule is CCOc1ccc(CCC2CCC(C3CCC(/C=C(\F)CF)CC3)CC2)c(F)c1F. The molecule has 0 bridgehead atoms. The van der Waals surface area contributed by atoms with Gasteiger partial charge in [-0.15, -0.1) is 0 Å². The highest BCUT2D eigenvalue weighted by Gasteiger charge is 2.30. The summed E-state index contributed by atoms with van der Waals surface area (Å²) in [7, 11) is 0. The van der Waals surface area contributed by atoms with E-state index in [2.05, 4.69) is 0 Å². The predicted molar refractivity (Wildman–Crippen MR) is 112 cm³/mol. The summed E-state index contributed by atoms with van der Waals surface area (Å²) in [6.45, 7) is 1.07. The number of hydrogen-bond donors (Lipinski definition) is 0. The summed E-state index contributed by atoms with van der Waals surface area (Å²) in [4.78, 5) is 0. The van der Waals surface area contributed by atoms with Crippen molar-refractivity contribution in [1.82, 2.24) is 0 Å². The molecule has 1 nitrogen and oxygen atoms in total. The molecule has 0 amide bonds. The van der Waals surface area contributed by atoms with E-state index < -0.39 is 24.1 Å². The van der Waals surface area contributed by atoms with Crippen LogP contribution in [0.2, 0.25) is 0 Å². The number of allylic oxidation sites excluding steroid dienone is 2. The normalized spacial score (nSPS) is 27.8. The molecule has 0 aliphatic heterocycles. The summed E-state index contributed by atoms with van der Waals surface area (Å²) in [5.74, 6) is -0.122. The average Bonchev–Trinajstić information content (AvgIpc) is 2.77. The van der Waals surface area contributed by atoms with Crippen LogP contribution in [0.15, 0.2) is 24.0 Å². The first-order chi connectivity index (χ1) is 14.5. The molecular weight excluding hydrogens is 392 g/mol. The third kappa shape index (κ3) is 6.01. The Bertz CT molecular complexity index is 701. The van der Waals surface area contributed by atoms with E-state index in [0.717, 1.165) is 50.9 Å². The molecule has 2 aliphatic carbocycles. The fraction of sp³-hybridized carbons (Fsp3) is 0.680. The van der Waals surface area contributed by atoms with Crippen LogP contribution in [0.3, 0.4) is 0 Å². The molecule has 0 aromatic heterocycles. The zero-order chi connectivity index (χ0) is 21.5. The van der Waals surface area contributed by atoms with Gasteiger partial charge in [-0.2, -0.15) is 4.39 Å². The Morgan fingerprint density at radius 3 is 2.20 bits per heavy atom. The summed E-state index contributed by atoms with van der Waals surface area (Å²) in [5, 5.41) is 0. The maximum absolute atomic E-state index is 14.3. The lowest BCUT2D eigenvalue weighted by molar-refractivity contribution is 0.152. The summed E-state index contributed by atoms with van der Waals surface area (Å²) >= 11 is 0. The maximum Gasteiger partial charge on any atom is 0.200 e. The highest BCUT2D eigenvalue weighted by molar-refractivity contribution is 5.31. The van der Waals surface area contributed by atoms with Gasteiger partial charge in [-0.3, -0.25) is 0 Å². The van der Waals surface area contributed by atoms with Crippen molar-refractivity contribution in [2.75, 3.05) is 13.3 Å². The Morgan fingerprint density at radius 2 is 1.60 bits per heavy atom. The van der Waals surface area contributed by atoms with Gasteiger partial charge < -0.3 is 4.74 Å². The first-order valence-corrected chi connectivity index (χ1v) is 11.5. The van der Waals surface area contributed by atoms with Crippen LogP contribution >= 0.6 is 0 Å². The Morgan fingerprint density at radius 1 is 0.967 bits per heavy atom. The minimum atomic E-state index is -0.989. The van der Waals surface area contributed by atoms with Crippen molar-refractivity contribution in [3.8, 4) is 5.75 Å². The third-order valence-electron chi connectivity index (χ3n) is 7.17. The van der Waals surface area contributed by atoms with E-state index in [1.807, 2.05) is 0 Å². The van der Waals surface area contributed by atoms with Gasteiger partial charge in [0.25, 0.3) is 0 Å². The molecule has 0 spiro atoms. The van der Waals surface area contributed by atoms with Gasteiger partial charge in [0, 0.05) is 0 Å². The van der Waals surface area contributed by atoms with Crippen molar-refractivity contribution in [3.05, 3.63) is 41.2 Å². The minimum absolute atomic E-state index is 0.0168. The number of rotatable bonds is 8. The van der Waals surface area contributed by atoms with Crippen molar-refractivity contribution in [3.63, 3.8) is 0 Å². The molecule has 0 saturated heterocycles. The van der Waals surface area contributed by atoms with Crippen LogP contribution in [0.5, 0.6) is 5.75 Å². The Balaban J connectivity index is 1.42. The third-order valence-corrected chi connectivity index (χ3v) is 7.17. The van der Waals surface area contributed by atoms with Gasteiger partial charge >= 0.3 is 0 Å². The molecule has 0 radical (unpaired) electrons. The molecule has 168 valence electrons. The zero-order valence-corrected chi connectivity index (χ0v) is 17.9. The van der Waals surface area contributed by atoms with Gasteiger partial charge in [0.15, 0.2) is 11.6 Å². The monoisotopic (exact) mass is 426 g/mol. The van der Waals surface area contributed by atoms with Gasteiger partial charge in [0.05, 0.1) is 6.61 Å². The molecule has 0 atom stereocenters. The minimum Gasteiger partial charge on any atom is -0.491 e. The highest BCUT2D eigenvalue weighted by atomic mass is 19.2. The van der Waals surface area contributed by atoms with E-state index in [9.17, 15) is 17.6 Å². The van der Waals surface area contributed by atoms with E-state index in [4.69, 9.17) is 4.74 Å². The molecule has 2 saturated carbocycles. The lowest BCUT2D eigenvalue weighted by Crippen LogP contribution is -2.25. The fourth-order valence-electron chi connectivity index (χ4n) is 5.42. The standard InChI is InChI=1S/C25H34F4O/c1-2-30-23-14-13-21(24(28)25(23)29)12-5-17-3-8-19(9-4-17)20-10-6-18(7-11-20)15-22(27)16-26/h13-15,17-20H,2-12,16H2,1H3/b22-15-. The number of ether oxygens (including phenoxy) is 1. The van der Waals surface area contributed by atoms with E-state index >= 15 is 0 Å². The average molecular weight is 427 g/mol. The molecular formula is C25H34F4O. The van der Waals surface area contributed by atoms with Crippen LogP contribution in [0.4, 0.5) is 17.6 Å². The molecule has 2 aliphatic rings. The van der Waals surface area contributed by atoms with Crippen LogP contribution < -0.4 is 4.74 Å². The van der Waals surface area contributed by atoms with Crippen LogP contribution in [0.25, 0.3) is 0 Å². The molecule has 1 aromatic rings. The summed E-state index contributed by atoms with van der Waals surface area (Å²) in [5.41, 5.74) is 0.435. The van der Waals surface area contributed by atoms with Crippen LogP contribution in [0, 0.1) is 35.3 Å². The molecule has 30 heavy (non-hydrogen) atoms.